The Balaban J connectivity index is 1.67. The molecule has 0 saturated carbocycles. The third-order valence-electron chi connectivity index (χ3n) is 3.95. The third-order valence-corrected chi connectivity index (χ3v) is 6.41. The highest BCUT2D eigenvalue weighted by Crippen LogP contribution is 2.33. The molecule has 0 heterocycles. The third kappa shape index (κ3) is 7.26. The Morgan fingerprint density at radius 3 is 1.64 bits per heavy atom. The Bertz CT molecular complexity index is 871. The first-order valence-electron chi connectivity index (χ1n) is 9.12. The Morgan fingerprint density at radius 1 is 0.679 bits per heavy atom. The van der Waals surface area contributed by atoms with E-state index >= 15 is 0 Å². The number of hydrogen-bond acceptors (Lipinski definition) is 3. The molecule has 0 aliphatic carbocycles. The van der Waals surface area contributed by atoms with Crippen molar-refractivity contribution in [3.63, 3.8) is 0 Å². The molecule has 0 bridgehead atoms. The minimum absolute atomic E-state index is 0.0139. The van der Waals surface area contributed by atoms with Crippen LogP contribution in [0.2, 0.25) is 0 Å². The molecule has 0 radical (unpaired) electrons. The van der Waals surface area contributed by atoms with Crippen molar-refractivity contribution in [2.45, 2.75) is 11.5 Å². The number of ketones is 1. The standard InChI is InChI=1S/C25H22OS2/c26-24(17-16-21-10-4-1-5-11-21)18-25(27-19-22-12-6-2-7-13-22)28-20-23-14-8-3-9-15-23/h1-18H,19-20H2. The molecule has 0 N–H and O–H groups in total. The number of allylic oxidation sites excluding steroid dienone is 2. The van der Waals surface area contributed by atoms with Gasteiger partial charge in [-0.2, -0.15) is 0 Å². The molecular weight excluding hydrogens is 380 g/mol. The van der Waals surface area contributed by atoms with Gasteiger partial charge in [0.25, 0.3) is 0 Å². The first kappa shape index (κ1) is 20.2. The van der Waals surface area contributed by atoms with Crippen molar-refractivity contribution in [1.82, 2.24) is 0 Å². The van der Waals surface area contributed by atoms with Gasteiger partial charge in [0.05, 0.1) is 0 Å². The van der Waals surface area contributed by atoms with Crippen molar-refractivity contribution < 1.29 is 4.79 Å². The number of carbonyl (C=O) groups is 1. The van der Waals surface area contributed by atoms with Crippen LogP contribution >= 0.6 is 23.5 Å². The molecule has 0 aromatic heterocycles. The summed E-state index contributed by atoms with van der Waals surface area (Å²) >= 11 is 3.43. The minimum atomic E-state index is 0.0139. The van der Waals surface area contributed by atoms with E-state index in [-0.39, 0.29) is 5.78 Å². The summed E-state index contributed by atoms with van der Waals surface area (Å²) in [5.74, 6) is 1.72. The zero-order valence-corrected chi connectivity index (χ0v) is 17.2. The second-order valence-electron chi connectivity index (χ2n) is 6.16. The van der Waals surface area contributed by atoms with Crippen LogP contribution in [0.3, 0.4) is 0 Å². The highest BCUT2D eigenvalue weighted by Gasteiger charge is 2.05. The van der Waals surface area contributed by atoms with Crippen molar-refractivity contribution in [2.75, 3.05) is 0 Å². The average molecular weight is 403 g/mol. The largest absolute Gasteiger partial charge is 0.290 e. The average Bonchev–Trinajstić information content (AvgIpc) is 2.76. The molecule has 0 atom stereocenters. The summed E-state index contributed by atoms with van der Waals surface area (Å²) < 4.78 is 1.04. The van der Waals surface area contributed by atoms with Gasteiger partial charge in [-0.05, 0) is 22.8 Å². The Labute approximate surface area is 175 Å². The summed E-state index contributed by atoms with van der Waals surface area (Å²) in [4.78, 5) is 12.5. The van der Waals surface area contributed by atoms with E-state index in [0.717, 1.165) is 21.3 Å². The summed E-state index contributed by atoms with van der Waals surface area (Å²) in [5.41, 5.74) is 3.54. The molecule has 0 aliphatic rings. The second-order valence-corrected chi connectivity index (χ2v) is 8.45. The van der Waals surface area contributed by atoms with Crippen LogP contribution in [-0.2, 0) is 16.3 Å². The van der Waals surface area contributed by atoms with Crippen LogP contribution in [0.4, 0.5) is 0 Å². The second kappa shape index (κ2) is 11.4. The van der Waals surface area contributed by atoms with Gasteiger partial charge in [-0.3, -0.25) is 4.79 Å². The van der Waals surface area contributed by atoms with E-state index in [1.165, 1.54) is 11.1 Å². The fourth-order valence-electron chi connectivity index (χ4n) is 2.49. The normalized spacial score (nSPS) is 10.7. The smallest absolute Gasteiger partial charge is 0.180 e. The van der Waals surface area contributed by atoms with Gasteiger partial charge >= 0.3 is 0 Å². The molecule has 28 heavy (non-hydrogen) atoms. The quantitative estimate of drug-likeness (QED) is 0.360. The van der Waals surface area contributed by atoms with E-state index in [1.54, 1.807) is 35.7 Å². The zero-order valence-electron chi connectivity index (χ0n) is 15.5. The van der Waals surface area contributed by atoms with E-state index in [0.29, 0.717) is 0 Å². The van der Waals surface area contributed by atoms with Gasteiger partial charge in [0.2, 0.25) is 0 Å². The van der Waals surface area contributed by atoms with Crippen molar-refractivity contribution in [3.8, 4) is 0 Å². The Kier molecular flexibility index (Phi) is 8.23. The SMILES string of the molecule is O=C(C=Cc1ccccc1)C=C(SCc1ccccc1)SCc1ccccc1. The highest BCUT2D eigenvalue weighted by atomic mass is 32.2. The molecule has 140 valence electrons. The maximum absolute atomic E-state index is 12.5. The molecule has 3 rings (SSSR count). The number of carbonyl (C=O) groups excluding carboxylic acids is 1. The van der Waals surface area contributed by atoms with Crippen molar-refractivity contribution in [3.05, 3.63) is 124 Å². The maximum atomic E-state index is 12.5. The maximum Gasteiger partial charge on any atom is 0.180 e. The molecular formula is C25H22OS2. The summed E-state index contributed by atoms with van der Waals surface area (Å²) in [6.45, 7) is 0. The lowest BCUT2D eigenvalue weighted by Gasteiger charge is -2.07. The van der Waals surface area contributed by atoms with Crippen molar-refractivity contribution in [2.24, 2.45) is 0 Å². The number of benzene rings is 3. The van der Waals surface area contributed by atoms with Crippen LogP contribution in [0.15, 0.2) is 107 Å². The molecule has 3 aromatic rings. The molecule has 3 aromatic carbocycles. The molecule has 0 fully saturated rings. The number of hydrogen-bond donors (Lipinski definition) is 0. The first-order valence-corrected chi connectivity index (χ1v) is 11.1. The lowest BCUT2D eigenvalue weighted by atomic mass is 10.2. The van der Waals surface area contributed by atoms with Gasteiger partial charge in [-0.1, -0.05) is 97.1 Å². The van der Waals surface area contributed by atoms with Crippen molar-refractivity contribution in [1.29, 1.82) is 0 Å². The van der Waals surface area contributed by atoms with Gasteiger partial charge in [0.1, 0.15) is 0 Å². The van der Waals surface area contributed by atoms with Crippen LogP contribution in [0, 0.1) is 0 Å². The van der Waals surface area contributed by atoms with E-state index in [9.17, 15) is 4.79 Å². The fraction of sp³-hybridized carbons (Fsp3) is 0.0800. The summed E-state index contributed by atoms with van der Waals surface area (Å²) in [6, 6.07) is 30.6. The van der Waals surface area contributed by atoms with Crippen LogP contribution in [-0.4, -0.2) is 5.78 Å². The lowest BCUT2D eigenvalue weighted by Crippen LogP contribution is -1.89. The number of rotatable bonds is 9. The topological polar surface area (TPSA) is 17.1 Å². The summed E-state index contributed by atoms with van der Waals surface area (Å²) in [5, 5.41) is 0. The molecule has 0 saturated heterocycles. The Hall–Kier alpha value is -2.49. The molecule has 3 heteroatoms. The highest BCUT2D eigenvalue weighted by molar-refractivity contribution is 8.21. The van der Waals surface area contributed by atoms with Crippen molar-refractivity contribution >= 4 is 35.4 Å². The molecule has 0 spiro atoms. The van der Waals surface area contributed by atoms with Gasteiger partial charge in [0, 0.05) is 21.8 Å². The van der Waals surface area contributed by atoms with Crippen LogP contribution in [0.25, 0.3) is 6.08 Å². The fourth-order valence-corrected chi connectivity index (χ4v) is 4.58. The predicted octanol–water partition coefficient (Wildman–Crippen LogP) is 6.98. The van der Waals surface area contributed by atoms with Crippen LogP contribution in [0.5, 0.6) is 0 Å². The van der Waals surface area contributed by atoms with Gasteiger partial charge in [-0.25, -0.2) is 0 Å². The Morgan fingerprint density at radius 2 is 1.14 bits per heavy atom. The van der Waals surface area contributed by atoms with E-state index < -0.39 is 0 Å². The lowest BCUT2D eigenvalue weighted by molar-refractivity contribution is -0.110. The van der Waals surface area contributed by atoms with Gasteiger partial charge in [0.15, 0.2) is 5.78 Å². The van der Waals surface area contributed by atoms with E-state index in [2.05, 4.69) is 24.3 Å². The van der Waals surface area contributed by atoms with Crippen LogP contribution in [0.1, 0.15) is 16.7 Å². The molecule has 1 nitrogen and oxygen atoms in total. The van der Waals surface area contributed by atoms with E-state index in [1.807, 2.05) is 72.8 Å². The zero-order chi connectivity index (χ0) is 19.4. The summed E-state index contributed by atoms with van der Waals surface area (Å²) in [6.07, 6.45) is 5.25. The predicted molar refractivity (Wildman–Crippen MR) is 124 cm³/mol. The van der Waals surface area contributed by atoms with Gasteiger partial charge in [-0.15, -0.1) is 23.5 Å². The summed E-state index contributed by atoms with van der Waals surface area (Å²) in [7, 11) is 0. The monoisotopic (exact) mass is 402 g/mol. The first-order chi connectivity index (χ1) is 13.8. The van der Waals surface area contributed by atoms with Gasteiger partial charge < -0.3 is 0 Å². The molecule has 0 amide bonds. The van der Waals surface area contributed by atoms with E-state index in [4.69, 9.17) is 0 Å². The number of thioether (sulfide) groups is 2. The molecule has 0 unspecified atom stereocenters. The van der Waals surface area contributed by atoms with Crippen LogP contribution < -0.4 is 0 Å². The molecule has 0 aliphatic heterocycles. The minimum Gasteiger partial charge on any atom is -0.290 e.